The highest BCUT2D eigenvalue weighted by molar-refractivity contribution is 8.15. The number of nitrogens with two attached hydrogens (primary N) is 1. The summed E-state index contributed by atoms with van der Waals surface area (Å²) in [5, 5.41) is 0.0428. The number of alkyl halides is 2. The predicted octanol–water partition coefficient (Wildman–Crippen LogP) is 4.54. The van der Waals surface area contributed by atoms with Gasteiger partial charge in [-0.3, -0.25) is 14.8 Å². The molecule has 2 fully saturated rings. The molecule has 12 heteroatoms. The molecular formula is C24H20F4N6OS. The minimum atomic E-state index is -2.94. The van der Waals surface area contributed by atoms with Gasteiger partial charge in [-0.1, -0.05) is 17.8 Å². The lowest BCUT2D eigenvalue weighted by molar-refractivity contribution is -0.132. The zero-order valence-corrected chi connectivity index (χ0v) is 19.8. The van der Waals surface area contributed by atoms with Gasteiger partial charge < -0.3 is 10.6 Å². The number of fused-ring (bicyclic) bond motifs is 1. The summed E-state index contributed by atoms with van der Waals surface area (Å²) in [5.74, 6) is -5.47. The number of aromatic nitrogens is 2. The standard InChI is InChI=1S/C24H20F4N6OS/c1-22(18-9-24(18,36-21(29)33-22)20(35)34-6-5-23(27,28)12-34)15-7-13(10-32-19(15)26)8-16(25)17-4-3-14(30-2)11-31-17/h3-4,7-8,10-11,18H,5-6,9,12H2,1H3,(H2,29,33)/b16-8-/t18-,22+,24-/m0/s1. The zero-order valence-electron chi connectivity index (χ0n) is 19.0. The molecule has 36 heavy (non-hydrogen) atoms. The molecule has 2 aromatic rings. The third-order valence-electron chi connectivity index (χ3n) is 6.86. The minimum Gasteiger partial charge on any atom is -0.378 e. The van der Waals surface area contributed by atoms with Crippen LogP contribution >= 0.6 is 11.8 Å². The highest BCUT2D eigenvalue weighted by Crippen LogP contribution is 2.66. The van der Waals surface area contributed by atoms with Crippen LogP contribution in [-0.4, -0.2) is 49.7 Å². The molecule has 0 bridgehead atoms. The Morgan fingerprint density at radius 1 is 1.33 bits per heavy atom. The average molecular weight is 517 g/mol. The van der Waals surface area contributed by atoms with E-state index in [1.807, 2.05) is 0 Å². The van der Waals surface area contributed by atoms with Crippen LogP contribution in [0.2, 0.25) is 0 Å². The summed E-state index contributed by atoms with van der Waals surface area (Å²) in [6.07, 6.45) is 3.39. The molecule has 1 aliphatic carbocycles. The lowest BCUT2D eigenvalue weighted by Gasteiger charge is -2.34. The van der Waals surface area contributed by atoms with Gasteiger partial charge in [-0.25, -0.2) is 23.0 Å². The number of carbonyl (C=O) groups is 1. The molecule has 1 saturated carbocycles. The molecule has 3 aliphatic rings. The molecule has 0 aromatic carbocycles. The van der Waals surface area contributed by atoms with Gasteiger partial charge in [0, 0.05) is 36.8 Å². The topological polar surface area (TPSA) is 88.8 Å². The van der Waals surface area contributed by atoms with Gasteiger partial charge in [0.15, 0.2) is 5.17 Å². The quantitative estimate of drug-likeness (QED) is 0.366. The molecule has 2 aromatic heterocycles. The predicted molar refractivity (Wildman–Crippen MR) is 127 cm³/mol. The van der Waals surface area contributed by atoms with Gasteiger partial charge >= 0.3 is 0 Å². The first-order valence-electron chi connectivity index (χ1n) is 11.1. The molecular weight excluding hydrogens is 496 g/mol. The van der Waals surface area contributed by atoms with Crippen LogP contribution in [0.4, 0.5) is 23.2 Å². The summed E-state index contributed by atoms with van der Waals surface area (Å²) < 4.78 is 56.2. The van der Waals surface area contributed by atoms with Crippen LogP contribution in [-0.2, 0) is 10.3 Å². The molecule has 186 valence electrons. The molecule has 0 unspecified atom stereocenters. The Hall–Kier alpha value is -3.46. The molecule has 2 aliphatic heterocycles. The van der Waals surface area contributed by atoms with E-state index in [0.29, 0.717) is 0 Å². The van der Waals surface area contributed by atoms with Crippen molar-refractivity contribution < 1.29 is 22.4 Å². The third-order valence-corrected chi connectivity index (χ3v) is 8.15. The van der Waals surface area contributed by atoms with Crippen molar-refractivity contribution in [2.24, 2.45) is 16.6 Å². The third kappa shape index (κ3) is 4.01. The van der Waals surface area contributed by atoms with E-state index >= 15 is 4.39 Å². The van der Waals surface area contributed by atoms with Crippen molar-refractivity contribution in [3.05, 3.63) is 64.8 Å². The Morgan fingerprint density at radius 3 is 2.75 bits per heavy atom. The molecule has 0 spiro atoms. The van der Waals surface area contributed by atoms with E-state index in [-0.39, 0.29) is 40.6 Å². The number of hydrogen-bond acceptors (Lipinski definition) is 6. The Kier molecular flexibility index (Phi) is 5.59. The smallest absolute Gasteiger partial charge is 0.267 e. The zero-order chi connectivity index (χ0) is 25.9. The van der Waals surface area contributed by atoms with Crippen LogP contribution in [0.5, 0.6) is 0 Å². The van der Waals surface area contributed by atoms with Gasteiger partial charge in [-0.15, -0.1) is 0 Å². The van der Waals surface area contributed by atoms with Gasteiger partial charge in [0.2, 0.25) is 17.5 Å². The largest absolute Gasteiger partial charge is 0.378 e. The van der Waals surface area contributed by atoms with E-state index < -0.39 is 52.8 Å². The SMILES string of the molecule is [C-]#[N+]c1ccc(/C(F)=C/c2cnc(F)c([C@@]3(C)N=C(N)S[C@@]4(C(=O)N5CCC(F)(F)C5)C[C@H]43)c2)nc1. The Bertz CT molecular complexity index is 1360. The van der Waals surface area contributed by atoms with Crippen molar-refractivity contribution in [1.82, 2.24) is 14.9 Å². The number of hydrogen-bond donors (Lipinski definition) is 1. The first-order chi connectivity index (χ1) is 17.0. The molecule has 4 heterocycles. The molecule has 7 nitrogen and oxygen atoms in total. The summed E-state index contributed by atoms with van der Waals surface area (Å²) in [7, 11) is 0. The van der Waals surface area contributed by atoms with Crippen LogP contribution in [0.1, 0.15) is 36.6 Å². The second kappa shape index (κ2) is 8.30. The van der Waals surface area contributed by atoms with E-state index in [4.69, 9.17) is 12.3 Å². The van der Waals surface area contributed by atoms with Crippen LogP contribution in [0.3, 0.4) is 0 Å². The van der Waals surface area contributed by atoms with Crippen molar-refractivity contribution in [2.45, 2.75) is 36.0 Å². The highest BCUT2D eigenvalue weighted by Gasteiger charge is 2.72. The Morgan fingerprint density at radius 2 is 2.11 bits per heavy atom. The number of likely N-dealkylation sites (tertiary alicyclic amines) is 1. The second-order valence-corrected chi connectivity index (χ2v) is 10.6. The van der Waals surface area contributed by atoms with Crippen LogP contribution < -0.4 is 5.73 Å². The lowest BCUT2D eigenvalue weighted by Crippen LogP contribution is -2.46. The maximum atomic E-state index is 15.0. The van der Waals surface area contributed by atoms with Crippen LogP contribution in [0.15, 0.2) is 35.6 Å². The molecule has 3 atom stereocenters. The number of pyridine rings is 2. The van der Waals surface area contributed by atoms with Crippen molar-refractivity contribution >= 4 is 40.4 Å². The highest BCUT2D eigenvalue weighted by atomic mass is 32.2. The van der Waals surface area contributed by atoms with Crippen molar-refractivity contribution in [3.63, 3.8) is 0 Å². The molecule has 2 N–H and O–H groups in total. The number of rotatable bonds is 4. The number of carbonyl (C=O) groups excluding carboxylic acids is 1. The number of aliphatic imine (C=N–C) groups is 1. The first-order valence-corrected chi connectivity index (χ1v) is 11.9. The van der Waals surface area contributed by atoms with E-state index in [1.165, 1.54) is 24.4 Å². The van der Waals surface area contributed by atoms with E-state index in [0.717, 1.165) is 28.9 Å². The monoisotopic (exact) mass is 516 g/mol. The van der Waals surface area contributed by atoms with Crippen molar-refractivity contribution in [2.75, 3.05) is 13.1 Å². The number of amides is 1. The normalized spacial score (nSPS) is 28.8. The number of halogens is 4. The summed E-state index contributed by atoms with van der Waals surface area (Å²) in [4.78, 5) is 29.8. The van der Waals surface area contributed by atoms with E-state index in [1.54, 1.807) is 6.92 Å². The maximum absolute atomic E-state index is 15.0. The second-order valence-electron chi connectivity index (χ2n) is 9.29. The minimum absolute atomic E-state index is 0.00922. The lowest BCUT2D eigenvalue weighted by atomic mass is 9.86. The first kappa shape index (κ1) is 24.2. The van der Waals surface area contributed by atoms with Gasteiger partial charge in [-0.2, -0.15) is 4.39 Å². The fourth-order valence-electron chi connectivity index (χ4n) is 4.94. The maximum Gasteiger partial charge on any atom is 0.267 e. The van der Waals surface area contributed by atoms with Crippen LogP contribution in [0.25, 0.3) is 16.7 Å². The summed E-state index contributed by atoms with van der Waals surface area (Å²) in [6, 6.07) is 4.17. The fraction of sp³-hybridized carbons (Fsp3) is 0.375. The summed E-state index contributed by atoms with van der Waals surface area (Å²) in [5.41, 5.74) is 5.25. The fourth-order valence-corrected chi connectivity index (χ4v) is 6.39. The van der Waals surface area contributed by atoms with Crippen LogP contribution in [0, 0.1) is 18.4 Å². The van der Waals surface area contributed by atoms with Crippen molar-refractivity contribution in [1.29, 1.82) is 0 Å². The van der Waals surface area contributed by atoms with Crippen molar-refractivity contribution in [3.8, 4) is 0 Å². The molecule has 1 amide bonds. The number of nitrogens with zero attached hydrogens (tertiary/aromatic N) is 5. The molecule has 5 rings (SSSR count). The van der Waals surface area contributed by atoms with E-state index in [2.05, 4.69) is 19.8 Å². The van der Waals surface area contributed by atoms with Gasteiger partial charge in [0.05, 0.1) is 24.3 Å². The van der Waals surface area contributed by atoms with Gasteiger partial charge in [0.1, 0.15) is 10.6 Å². The Balaban J connectivity index is 1.47. The van der Waals surface area contributed by atoms with Gasteiger partial charge in [-0.05, 0) is 37.1 Å². The molecule has 1 saturated heterocycles. The van der Waals surface area contributed by atoms with E-state index in [9.17, 15) is 18.0 Å². The average Bonchev–Trinajstić information content (AvgIpc) is 3.48. The molecule has 0 radical (unpaired) electrons. The summed E-state index contributed by atoms with van der Waals surface area (Å²) in [6.45, 7) is 7.85. The number of amidine groups is 1. The Labute approximate surface area is 208 Å². The number of thioether (sulfide) groups is 1. The summed E-state index contributed by atoms with van der Waals surface area (Å²) >= 11 is 1.02. The van der Waals surface area contributed by atoms with Gasteiger partial charge in [0.25, 0.3) is 5.92 Å².